The number of aryl methyl sites for hydroxylation is 2. The number of piperidine rings is 1. The van der Waals surface area contributed by atoms with Crippen LogP contribution >= 0.6 is 0 Å². The maximum absolute atomic E-state index is 12.1. The Morgan fingerprint density at radius 2 is 1.93 bits per heavy atom. The molecule has 28 heavy (non-hydrogen) atoms. The summed E-state index contributed by atoms with van der Waals surface area (Å²) in [7, 11) is 0. The van der Waals surface area contributed by atoms with Gasteiger partial charge in [-0.15, -0.1) is 0 Å². The van der Waals surface area contributed by atoms with Crippen LogP contribution in [0, 0.1) is 18.8 Å². The molecule has 0 bridgehead atoms. The van der Waals surface area contributed by atoms with Crippen molar-refractivity contribution in [1.29, 1.82) is 0 Å². The van der Waals surface area contributed by atoms with Crippen molar-refractivity contribution in [3.63, 3.8) is 0 Å². The average Bonchev–Trinajstić information content (AvgIpc) is 3.12. The minimum Gasteiger partial charge on any atom is -0.356 e. The van der Waals surface area contributed by atoms with Gasteiger partial charge in [-0.1, -0.05) is 48.8 Å². The number of nitrogens with one attached hydrogen (secondary N) is 1. The lowest BCUT2D eigenvalue weighted by Gasteiger charge is -2.34. The number of hydrogen-bond acceptors (Lipinski definition) is 5. The van der Waals surface area contributed by atoms with Crippen LogP contribution in [0.25, 0.3) is 11.4 Å². The van der Waals surface area contributed by atoms with E-state index in [1.54, 1.807) is 0 Å². The van der Waals surface area contributed by atoms with Gasteiger partial charge in [-0.05, 0) is 38.1 Å². The highest BCUT2D eigenvalue weighted by atomic mass is 16.5. The van der Waals surface area contributed by atoms with Crippen LogP contribution in [0.2, 0.25) is 0 Å². The Morgan fingerprint density at radius 3 is 2.64 bits per heavy atom. The molecule has 0 saturated carbocycles. The predicted molar refractivity (Wildman–Crippen MR) is 110 cm³/mol. The number of aromatic nitrogens is 2. The van der Waals surface area contributed by atoms with E-state index < -0.39 is 0 Å². The first kappa shape index (κ1) is 20.5. The highest BCUT2D eigenvalue weighted by Crippen LogP contribution is 2.20. The third-order valence-corrected chi connectivity index (χ3v) is 5.26. The fraction of sp³-hybridized carbons (Fsp3) is 0.591. The zero-order valence-electron chi connectivity index (χ0n) is 17.3. The van der Waals surface area contributed by atoms with E-state index in [4.69, 9.17) is 4.52 Å². The lowest BCUT2D eigenvalue weighted by atomic mass is 9.92. The van der Waals surface area contributed by atoms with Gasteiger partial charge in [0.1, 0.15) is 0 Å². The fourth-order valence-electron chi connectivity index (χ4n) is 3.99. The minimum absolute atomic E-state index is 0.0375. The third-order valence-electron chi connectivity index (χ3n) is 5.26. The monoisotopic (exact) mass is 384 g/mol. The van der Waals surface area contributed by atoms with Gasteiger partial charge in [-0.25, -0.2) is 0 Å². The van der Waals surface area contributed by atoms with Gasteiger partial charge in [0.15, 0.2) is 0 Å². The van der Waals surface area contributed by atoms with Crippen LogP contribution in [0.4, 0.5) is 0 Å². The lowest BCUT2D eigenvalue weighted by Crippen LogP contribution is -2.40. The number of rotatable bonds is 8. The van der Waals surface area contributed by atoms with E-state index in [0.717, 1.165) is 36.9 Å². The van der Waals surface area contributed by atoms with E-state index in [-0.39, 0.29) is 5.91 Å². The molecule has 152 valence electrons. The molecular formula is C22H32N4O2. The quantitative estimate of drug-likeness (QED) is 0.706. The van der Waals surface area contributed by atoms with Gasteiger partial charge in [0.25, 0.3) is 0 Å². The van der Waals surface area contributed by atoms with Gasteiger partial charge < -0.3 is 14.7 Å². The molecule has 2 heterocycles. The SMILES string of the molecule is Cc1ccc(-c2noc(CCC(=O)NCCCN3C[C@H](C)C[C@@H](C)C3)n2)cc1. The van der Waals surface area contributed by atoms with Gasteiger partial charge in [0.2, 0.25) is 17.6 Å². The van der Waals surface area contributed by atoms with Crippen molar-refractivity contribution in [2.75, 3.05) is 26.2 Å². The first-order chi connectivity index (χ1) is 13.5. The van der Waals surface area contributed by atoms with E-state index in [1.165, 1.54) is 25.1 Å². The molecule has 6 heteroatoms. The van der Waals surface area contributed by atoms with Crippen molar-refractivity contribution >= 4 is 5.91 Å². The number of amides is 1. The van der Waals surface area contributed by atoms with Crippen molar-refractivity contribution in [2.24, 2.45) is 11.8 Å². The molecule has 3 rings (SSSR count). The Bertz CT molecular complexity index is 746. The maximum atomic E-state index is 12.1. The number of nitrogens with zero attached hydrogens (tertiary/aromatic N) is 3. The predicted octanol–water partition coefficient (Wildman–Crippen LogP) is 3.46. The van der Waals surface area contributed by atoms with Crippen molar-refractivity contribution in [3.05, 3.63) is 35.7 Å². The summed E-state index contributed by atoms with van der Waals surface area (Å²) in [5.74, 6) is 2.66. The molecule has 2 atom stereocenters. The molecule has 1 aromatic carbocycles. The summed E-state index contributed by atoms with van der Waals surface area (Å²) in [5.41, 5.74) is 2.11. The van der Waals surface area contributed by atoms with Gasteiger partial charge in [-0.2, -0.15) is 4.98 Å². The van der Waals surface area contributed by atoms with Gasteiger partial charge >= 0.3 is 0 Å². The molecule has 1 fully saturated rings. The van der Waals surface area contributed by atoms with Crippen LogP contribution in [0.1, 0.15) is 44.6 Å². The van der Waals surface area contributed by atoms with Crippen LogP contribution in [0.3, 0.4) is 0 Å². The van der Waals surface area contributed by atoms with Crippen LogP contribution < -0.4 is 5.32 Å². The van der Waals surface area contributed by atoms with Crippen molar-refractivity contribution in [1.82, 2.24) is 20.4 Å². The Labute approximate surface area is 167 Å². The maximum Gasteiger partial charge on any atom is 0.227 e. The van der Waals surface area contributed by atoms with Crippen molar-refractivity contribution in [2.45, 2.75) is 46.5 Å². The first-order valence-electron chi connectivity index (χ1n) is 10.4. The molecule has 1 aliphatic rings. The topological polar surface area (TPSA) is 71.3 Å². The van der Waals surface area contributed by atoms with Crippen LogP contribution in [-0.2, 0) is 11.2 Å². The molecular weight excluding hydrogens is 352 g/mol. The fourth-order valence-corrected chi connectivity index (χ4v) is 3.99. The second-order valence-corrected chi connectivity index (χ2v) is 8.29. The summed E-state index contributed by atoms with van der Waals surface area (Å²) < 4.78 is 5.28. The lowest BCUT2D eigenvalue weighted by molar-refractivity contribution is -0.121. The average molecular weight is 385 g/mol. The number of carbonyl (C=O) groups excluding carboxylic acids is 1. The molecule has 2 aromatic rings. The van der Waals surface area contributed by atoms with Crippen molar-refractivity contribution in [3.8, 4) is 11.4 Å². The Hall–Kier alpha value is -2.21. The van der Waals surface area contributed by atoms with E-state index in [2.05, 4.69) is 34.2 Å². The molecule has 1 saturated heterocycles. The molecule has 0 spiro atoms. The summed E-state index contributed by atoms with van der Waals surface area (Å²) in [6.07, 6.45) is 3.15. The zero-order valence-corrected chi connectivity index (χ0v) is 17.3. The highest BCUT2D eigenvalue weighted by Gasteiger charge is 2.21. The largest absolute Gasteiger partial charge is 0.356 e. The van der Waals surface area contributed by atoms with Crippen LogP contribution in [0.15, 0.2) is 28.8 Å². The third kappa shape index (κ3) is 6.16. The van der Waals surface area contributed by atoms with Gasteiger partial charge in [-0.3, -0.25) is 4.79 Å². The molecule has 0 aliphatic carbocycles. The van der Waals surface area contributed by atoms with Gasteiger partial charge in [0.05, 0.1) is 0 Å². The van der Waals surface area contributed by atoms with E-state index in [9.17, 15) is 4.79 Å². The normalized spacial score (nSPS) is 20.2. The summed E-state index contributed by atoms with van der Waals surface area (Å²) in [6.45, 7) is 10.8. The zero-order chi connectivity index (χ0) is 19.9. The molecule has 0 unspecified atom stereocenters. The summed E-state index contributed by atoms with van der Waals surface area (Å²) in [5, 5.41) is 7.01. The van der Waals surface area contributed by atoms with Crippen LogP contribution in [0.5, 0.6) is 0 Å². The summed E-state index contributed by atoms with van der Waals surface area (Å²) in [4.78, 5) is 19.0. The second-order valence-electron chi connectivity index (χ2n) is 8.29. The number of carbonyl (C=O) groups is 1. The summed E-state index contributed by atoms with van der Waals surface area (Å²) in [6, 6.07) is 7.98. The van der Waals surface area contributed by atoms with Crippen LogP contribution in [-0.4, -0.2) is 47.1 Å². The van der Waals surface area contributed by atoms with E-state index in [0.29, 0.717) is 24.6 Å². The molecule has 0 radical (unpaired) electrons. The van der Waals surface area contributed by atoms with E-state index in [1.807, 2.05) is 31.2 Å². The first-order valence-corrected chi connectivity index (χ1v) is 10.4. The molecule has 1 N–H and O–H groups in total. The Balaban J connectivity index is 1.34. The van der Waals surface area contributed by atoms with Gasteiger partial charge in [0, 0.05) is 38.0 Å². The number of benzene rings is 1. The number of likely N-dealkylation sites (tertiary alicyclic amines) is 1. The molecule has 1 aliphatic heterocycles. The highest BCUT2D eigenvalue weighted by molar-refractivity contribution is 5.75. The standard InChI is InChI=1S/C22H32N4O2/c1-16-5-7-19(8-6-16)22-24-21(28-25-22)10-9-20(27)23-11-4-12-26-14-17(2)13-18(3)15-26/h5-8,17-18H,4,9-15H2,1-3H3,(H,23,27)/t17-,18-/m1/s1. The smallest absolute Gasteiger partial charge is 0.227 e. The molecule has 1 aromatic heterocycles. The second kappa shape index (κ2) is 9.82. The molecule has 6 nitrogen and oxygen atoms in total. The van der Waals surface area contributed by atoms with Crippen molar-refractivity contribution < 1.29 is 9.32 Å². The van der Waals surface area contributed by atoms with E-state index >= 15 is 0 Å². The Kier molecular flexibility index (Phi) is 7.20. The minimum atomic E-state index is 0.0375. The Morgan fingerprint density at radius 1 is 1.21 bits per heavy atom. The summed E-state index contributed by atoms with van der Waals surface area (Å²) >= 11 is 0. The molecule has 1 amide bonds. The number of hydrogen-bond donors (Lipinski definition) is 1.